The highest BCUT2D eigenvalue weighted by atomic mass is 19.3. The van der Waals surface area contributed by atoms with Crippen molar-refractivity contribution in [2.24, 2.45) is 0 Å². The molecule has 3 nitrogen and oxygen atoms in total. The molecule has 0 aromatic heterocycles. The number of halogens is 2. The van der Waals surface area contributed by atoms with Crippen molar-refractivity contribution in [3.8, 4) is 0 Å². The summed E-state index contributed by atoms with van der Waals surface area (Å²) < 4.78 is 29.8. The highest BCUT2D eigenvalue weighted by Crippen LogP contribution is 2.27. The van der Waals surface area contributed by atoms with Crippen LogP contribution >= 0.6 is 0 Å². The molecule has 0 aromatic rings. The average Bonchev–Trinajstić information content (AvgIpc) is 2.01. The van der Waals surface area contributed by atoms with Crippen LogP contribution < -0.4 is 5.32 Å². The van der Waals surface area contributed by atoms with Crippen molar-refractivity contribution in [3.05, 3.63) is 0 Å². The van der Waals surface area contributed by atoms with Crippen molar-refractivity contribution < 1.29 is 18.3 Å². The van der Waals surface area contributed by atoms with Crippen LogP contribution in [0.4, 0.5) is 8.78 Å². The lowest BCUT2D eigenvalue weighted by Crippen LogP contribution is -2.48. The molecule has 0 aliphatic carbocycles. The molecule has 1 saturated heterocycles. The standard InChI is InChI=1S/C7H11F2NO2/c1-12-6(11)5-4-7(8,9)2-3-10-5/h5,10H,2-4H2,1H3/t5-/m1/s1. The van der Waals surface area contributed by atoms with Gasteiger partial charge in [-0.25, -0.2) is 8.78 Å². The highest BCUT2D eigenvalue weighted by Gasteiger charge is 2.39. The number of ether oxygens (including phenoxy) is 1. The number of hydrogen-bond acceptors (Lipinski definition) is 3. The van der Waals surface area contributed by atoms with Crippen LogP contribution in [-0.4, -0.2) is 31.6 Å². The SMILES string of the molecule is COC(=O)[C@H]1CC(F)(F)CCN1. The van der Waals surface area contributed by atoms with E-state index < -0.39 is 24.4 Å². The maximum Gasteiger partial charge on any atom is 0.323 e. The molecule has 0 aromatic carbocycles. The fourth-order valence-corrected chi connectivity index (χ4v) is 1.21. The third-order valence-electron chi connectivity index (χ3n) is 1.87. The molecule has 0 bridgehead atoms. The number of alkyl halides is 2. The van der Waals surface area contributed by atoms with Gasteiger partial charge < -0.3 is 10.1 Å². The van der Waals surface area contributed by atoms with Gasteiger partial charge in [0.15, 0.2) is 0 Å². The van der Waals surface area contributed by atoms with Gasteiger partial charge >= 0.3 is 5.97 Å². The number of esters is 1. The van der Waals surface area contributed by atoms with E-state index in [2.05, 4.69) is 10.1 Å². The van der Waals surface area contributed by atoms with Gasteiger partial charge in [0.2, 0.25) is 0 Å². The van der Waals surface area contributed by atoms with E-state index in [1.165, 1.54) is 7.11 Å². The molecule has 1 aliphatic rings. The van der Waals surface area contributed by atoms with Crippen LogP contribution in [0, 0.1) is 0 Å². The smallest absolute Gasteiger partial charge is 0.323 e. The number of carbonyl (C=O) groups excluding carboxylic acids is 1. The number of methoxy groups -OCH3 is 1. The van der Waals surface area contributed by atoms with E-state index in [1.54, 1.807) is 0 Å². The van der Waals surface area contributed by atoms with E-state index in [9.17, 15) is 13.6 Å². The second-order valence-corrected chi connectivity index (χ2v) is 2.84. The molecule has 5 heteroatoms. The summed E-state index contributed by atoms with van der Waals surface area (Å²) in [5.74, 6) is -3.35. The molecule has 0 unspecified atom stereocenters. The summed E-state index contributed by atoms with van der Waals surface area (Å²) in [4.78, 5) is 10.8. The van der Waals surface area contributed by atoms with E-state index in [1.807, 2.05) is 0 Å². The molecule has 1 atom stereocenters. The molecule has 1 heterocycles. The number of piperidine rings is 1. The molecule has 12 heavy (non-hydrogen) atoms. The summed E-state index contributed by atoms with van der Waals surface area (Å²) in [6.45, 7) is 0.159. The Morgan fingerprint density at radius 1 is 1.67 bits per heavy atom. The normalized spacial score (nSPS) is 28.1. The van der Waals surface area contributed by atoms with Crippen molar-refractivity contribution in [1.29, 1.82) is 0 Å². The van der Waals surface area contributed by atoms with Crippen molar-refractivity contribution in [2.75, 3.05) is 13.7 Å². The van der Waals surface area contributed by atoms with Gasteiger partial charge in [0, 0.05) is 19.4 Å². The first-order valence-electron chi connectivity index (χ1n) is 3.74. The highest BCUT2D eigenvalue weighted by molar-refractivity contribution is 5.75. The minimum Gasteiger partial charge on any atom is -0.468 e. The number of rotatable bonds is 1. The number of carbonyl (C=O) groups is 1. The number of hydrogen-bond donors (Lipinski definition) is 1. The maximum atomic E-state index is 12.7. The first kappa shape index (κ1) is 9.38. The van der Waals surface area contributed by atoms with Crippen molar-refractivity contribution in [1.82, 2.24) is 5.32 Å². The van der Waals surface area contributed by atoms with Crippen LogP contribution in [0.3, 0.4) is 0 Å². The molecule has 1 rings (SSSR count). The van der Waals surface area contributed by atoms with Crippen LogP contribution in [0.25, 0.3) is 0 Å². The van der Waals surface area contributed by atoms with Gasteiger partial charge in [-0.05, 0) is 0 Å². The zero-order chi connectivity index (χ0) is 9.19. The summed E-state index contributed by atoms with van der Waals surface area (Å²) in [7, 11) is 1.19. The van der Waals surface area contributed by atoms with E-state index >= 15 is 0 Å². The summed E-state index contributed by atoms with van der Waals surface area (Å²) in [6.07, 6.45) is -0.667. The Bertz CT molecular complexity index is 184. The molecule has 0 amide bonds. The second-order valence-electron chi connectivity index (χ2n) is 2.84. The molecular weight excluding hydrogens is 168 g/mol. The van der Waals surface area contributed by atoms with Gasteiger partial charge in [-0.2, -0.15) is 0 Å². The summed E-state index contributed by atoms with van der Waals surface area (Å²) in [5, 5.41) is 2.67. The van der Waals surface area contributed by atoms with Gasteiger partial charge in [0.25, 0.3) is 5.92 Å². The maximum absolute atomic E-state index is 12.7. The fraction of sp³-hybridized carbons (Fsp3) is 0.857. The van der Waals surface area contributed by atoms with Crippen LogP contribution in [-0.2, 0) is 9.53 Å². The molecule has 0 radical (unpaired) electrons. The lowest BCUT2D eigenvalue weighted by atomic mass is 10.0. The minimum atomic E-state index is -2.73. The van der Waals surface area contributed by atoms with E-state index in [0.717, 1.165) is 0 Å². The Balaban J connectivity index is 2.52. The lowest BCUT2D eigenvalue weighted by Gasteiger charge is -2.28. The lowest BCUT2D eigenvalue weighted by molar-refractivity contribution is -0.148. The molecule has 0 saturated carbocycles. The predicted octanol–water partition coefficient (Wildman–Crippen LogP) is 0.547. The summed E-state index contributed by atoms with van der Waals surface area (Å²) in [6, 6.07) is -0.848. The average molecular weight is 179 g/mol. The second kappa shape index (κ2) is 3.35. The monoisotopic (exact) mass is 179 g/mol. The topological polar surface area (TPSA) is 38.3 Å². The summed E-state index contributed by atoms with van der Waals surface area (Å²) >= 11 is 0. The molecule has 0 spiro atoms. The predicted molar refractivity (Wildman–Crippen MR) is 38.0 cm³/mol. The molecule has 1 N–H and O–H groups in total. The van der Waals surface area contributed by atoms with Crippen molar-refractivity contribution in [2.45, 2.75) is 24.8 Å². The van der Waals surface area contributed by atoms with E-state index in [-0.39, 0.29) is 13.0 Å². The Hall–Kier alpha value is -0.710. The van der Waals surface area contributed by atoms with Crippen molar-refractivity contribution in [3.63, 3.8) is 0 Å². The van der Waals surface area contributed by atoms with Crippen LogP contribution in [0.1, 0.15) is 12.8 Å². The van der Waals surface area contributed by atoms with Crippen LogP contribution in [0.15, 0.2) is 0 Å². The third-order valence-corrected chi connectivity index (χ3v) is 1.87. The molecule has 1 fully saturated rings. The molecular formula is C7H11F2NO2. The van der Waals surface area contributed by atoms with Gasteiger partial charge in [0.1, 0.15) is 6.04 Å². The third kappa shape index (κ3) is 2.14. The fourth-order valence-electron chi connectivity index (χ4n) is 1.21. The zero-order valence-electron chi connectivity index (χ0n) is 6.77. The van der Waals surface area contributed by atoms with Gasteiger partial charge in [-0.1, -0.05) is 0 Å². The first-order valence-corrected chi connectivity index (χ1v) is 3.74. The summed E-state index contributed by atoms with van der Waals surface area (Å²) in [5.41, 5.74) is 0. The molecule has 1 aliphatic heterocycles. The van der Waals surface area contributed by atoms with Crippen LogP contribution in [0.5, 0.6) is 0 Å². The van der Waals surface area contributed by atoms with Gasteiger partial charge in [0.05, 0.1) is 7.11 Å². The largest absolute Gasteiger partial charge is 0.468 e. The van der Waals surface area contributed by atoms with Crippen molar-refractivity contribution >= 4 is 5.97 Å². The first-order chi connectivity index (χ1) is 5.55. The quantitative estimate of drug-likeness (QED) is 0.597. The van der Waals surface area contributed by atoms with Gasteiger partial charge in [-0.3, -0.25) is 4.79 Å². The number of nitrogens with one attached hydrogen (secondary N) is 1. The van der Waals surface area contributed by atoms with Gasteiger partial charge in [-0.15, -0.1) is 0 Å². The van der Waals surface area contributed by atoms with E-state index in [0.29, 0.717) is 0 Å². The Morgan fingerprint density at radius 3 is 2.83 bits per heavy atom. The minimum absolute atomic E-state index is 0.159. The molecule has 70 valence electrons. The Labute approximate surface area is 69.1 Å². The zero-order valence-corrected chi connectivity index (χ0v) is 6.77. The Kier molecular flexibility index (Phi) is 2.62. The van der Waals surface area contributed by atoms with Crippen LogP contribution in [0.2, 0.25) is 0 Å². The van der Waals surface area contributed by atoms with E-state index in [4.69, 9.17) is 0 Å². The Morgan fingerprint density at radius 2 is 2.33 bits per heavy atom.